The van der Waals surface area contributed by atoms with Gasteiger partial charge < -0.3 is 19.1 Å². The van der Waals surface area contributed by atoms with E-state index in [1.54, 1.807) is 18.9 Å². The lowest BCUT2D eigenvalue weighted by atomic mass is 10.1. The van der Waals surface area contributed by atoms with Crippen LogP contribution in [0.4, 0.5) is 0 Å². The van der Waals surface area contributed by atoms with Crippen LogP contribution in [-0.4, -0.2) is 37.0 Å². The first kappa shape index (κ1) is 17.1. The standard InChI is InChI=1S/C20H21NO4S/c1-23-16-5-2-14(3-6-16)8-10-21-19(22)9-11-26-20(21)15-4-7-17-18(12-15)25-13-24-17/h2-7,12,20H,8-11,13H2,1H3. The fourth-order valence-electron chi connectivity index (χ4n) is 3.25. The second-order valence-electron chi connectivity index (χ2n) is 6.27. The predicted molar refractivity (Wildman–Crippen MR) is 101 cm³/mol. The quantitative estimate of drug-likeness (QED) is 0.803. The normalized spacial score (nSPS) is 18.9. The molecule has 2 heterocycles. The molecule has 2 aliphatic rings. The highest BCUT2D eigenvalue weighted by Crippen LogP contribution is 2.41. The Morgan fingerprint density at radius 3 is 2.77 bits per heavy atom. The number of hydrogen-bond acceptors (Lipinski definition) is 5. The van der Waals surface area contributed by atoms with E-state index in [1.165, 1.54) is 5.56 Å². The molecule has 6 heteroatoms. The van der Waals surface area contributed by atoms with Gasteiger partial charge in [0.15, 0.2) is 11.5 Å². The van der Waals surface area contributed by atoms with Crippen LogP contribution in [0, 0.1) is 0 Å². The summed E-state index contributed by atoms with van der Waals surface area (Å²) in [5.74, 6) is 3.43. The Bertz CT molecular complexity index is 793. The molecular formula is C20H21NO4S. The van der Waals surface area contributed by atoms with E-state index in [4.69, 9.17) is 14.2 Å². The van der Waals surface area contributed by atoms with Crippen molar-refractivity contribution < 1.29 is 19.0 Å². The van der Waals surface area contributed by atoms with E-state index in [2.05, 4.69) is 12.1 Å². The number of carbonyl (C=O) groups excluding carboxylic acids is 1. The molecule has 2 aromatic carbocycles. The van der Waals surface area contributed by atoms with Gasteiger partial charge in [-0.3, -0.25) is 4.79 Å². The molecule has 1 atom stereocenters. The molecule has 2 aromatic rings. The SMILES string of the molecule is COc1ccc(CCN2C(=O)CCSC2c2ccc3c(c2)OCO3)cc1. The minimum absolute atomic E-state index is 0.0176. The van der Waals surface area contributed by atoms with Gasteiger partial charge in [-0.2, -0.15) is 0 Å². The van der Waals surface area contributed by atoms with Gasteiger partial charge in [-0.25, -0.2) is 0 Å². The van der Waals surface area contributed by atoms with Gasteiger partial charge in [0.25, 0.3) is 0 Å². The van der Waals surface area contributed by atoms with E-state index in [1.807, 2.05) is 35.2 Å². The Labute approximate surface area is 157 Å². The van der Waals surface area contributed by atoms with Crippen LogP contribution in [0.1, 0.15) is 22.9 Å². The number of benzene rings is 2. The number of hydrogen-bond donors (Lipinski definition) is 0. The molecule has 1 unspecified atom stereocenters. The molecule has 1 fully saturated rings. The Kier molecular flexibility index (Phi) is 4.93. The van der Waals surface area contributed by atoms with Gasteiger partial charge in [-0.1, -0.05) is 18.2 Å². The summed E-state index contributed by atoms with van der Waals surface area (Å²) in [6, 6.07) is 14.0. The summed E-state index contributed by atoms with van der Waals surface area (Å²) in [6.45, 7) is 0.952. The van der Waals surface area contributed by atoms with Crippen molar-refractivity contribution in [2.24, 2.45) is 0 Å². The highest BCUT2D eigenvalue weighted by molar-refractivity contribution is 7.99. The molecule has 0 bridgehead atoms. The average molecular weight is 371 g/mol. The van der Waals surface area contributed by atoms with Crippen LogP contribution < -0.4 is 14.2 Å². The van der Waals surface area contributed by atoms with Gasteiger partial charge in [0, 0.05) is 18.7 Å². The van der Waals surface area contributed by atoms with Crippen molar-refractivity contribution in [2.75, 3.05) is 26.2 Å². The number of rotatable bonds is 5. The summed E-state index contributed by atoms with van der Waals surface area (Å²) in [4.78, 5) is 14.6. The van der Waals surface area contributed by atoms with Gasteiger partial charge in [-0.05, 0) is 41.8 Å². The van der Waals surface area contributed by atoms with Crippen molar-refractivity contribution >= 4 is 17.7 Å². The molecule has 1 amide bonds. The molecule has 0 spiro atoms. The van der Waals surface area contributed by atoms with Crippen LogP contribution >= 0.6 is 11.8 Å². The van der Waals surface area contributed by atoms with Gasteiger partial charge >= 0.3 is 0 Å². The third kappa shape index (κ3) is 3.46. The van der Waals surface area contributed by atoms with Crippen LogP contribution in [0.25, 0.3) is 0 Å². The largest absolute Gasteiger partial charge is 0.497 e. The molecule has 1 saturated heterocycles. The Balaban J connectivity index is 1.50. The molecule has 2 aliphatic heterocycles. The van der Waals surface area contributed by atoms with E-state index < -0.39 is 0 Å². The van der Waals surface area contributed by atoms with Gasteiger partial charge in [-0.15, -0.1) is 11.8 Å². The summed E-state index contributed by atoms with van der Waals surface area (Å²) in [6.07, 6.45) is 1.41. The Morgan fingerprint density at radius 2 is 1.96 bits per heavy atom. The van der Waals surface area contributed by atoms with Crippen molar-refractivity contribution in [3.05, 3.63) is 53.6 Å². The lowest BCUT2D eigenvalue weighted by Gasteiger charge is -2.35. The lowest BCUT2D eigenvalue weighted by Crippen LogP contribution is -2.38. The third-order valence-electron chi connectivity index (χ3n) is 4.68. The Hall–Kier alpha value is -2.34. The molecule has 0 aliphatic carbocycles. The zero-order valence-electron chi connectivity index (χ0n) is 14.6. The van der Waals surface area contributed by atoms with Crippen molar-refractivity contribution in [2.45, 2.75) is 18.2 Å². The minimum atomic E-state index is 0.0176. The number of nitrogens with zero attached hydrogens (tertiary/aromatic N) is 1. The van der Waals surface area contributed by atoms with Crippen LogP contribution in [0.2, 0.25) is 0 Å². The molecule has 5 nitrogen and oxygen atoms in total. The molecule has 136 valence electrons. The second-order valence-corrected chi connectivity index (χ2v) is 7.46. The summed E-state index contributed by atoms with van der Waals surface area (Å²) in [5.41, 5.74) is 2.28. The first-order valence-corrected chi connectivity index (χ1v) is 9.73. The zero-order chi connectivity index (χ0) is 17.9. The number of methoxy groups -OCH3 is 1. The van der Waals surface area contributed by atoms with Crippen molar-refractivity contribution in [3.8, 4) is 17.2 Å². The van der Waals surface area contributed by atoms with Gasteiger partial charge in [0.05, 0.1) is 7.11 Å². The summed E-state index contributed by atoms with van der Waals surface area (Å²) >= 11 is 1.80. The van der Waals surface area contributed by atoms with Crippen molar-refractivity contribution in [1.29, 1.82) is 0 Å². The second kappa shape index (κ2) is 7.50. The number of carbonyl (C=O) groups is 1. The van der Waals surface area contributed by atoms with E-state index >= 15 is 0 Å². The summed E-state index contributed by atoms with van der Waals surface area (Å²) in [5, 5.41) is 0.0176. The zero-order valence-corrected chi connectivity index (χ0v) is 15.5. The Morgan fingerprint density at radius 1 is 1.15 bits per heavy atom. The number of ether oxygens (including phenoxy) is 3. The predicted octanol–water partition coefficient (Wildman–Crippen LogP) is 3.63. The first-order chi connectivity index (χ1) is 12.7. The molecule has 0 N–H and O–H groups in total. The molecule has 4 rings (SSSR count). The van der Waals surface area contributed by atoms with Gasteiger partial charge in [0.2, 0.25) is 12.7 Å². The highest BCUT2D eigenvalue weighted by Gasteiger charge is 2.30. The van der Waals surface area contributed by atoms with Gasteiger partial charge in [0.1, 0.15) is 11.1 Å². The monoisotopic (exact) mass is 371 g/mol. The van der Waals surface area contributed by atoms with Crippen molar-refractivity contribution in [1.82, 2.24) is 4.90 Å². The maximum atomic E-state index is 12.6. The van der Waals surface area contributed by atoms with Crippen LogP contribution in [0.15, 0.2) is 42.5 Å². The fourth-order valence-corrected chi connectivity index (χ4v) is 4.51. The lowest BCUT2D eigenvalue weighted by molar-refractivity contribution is -0.132. The average Bonchev–Trinajstić information content (AvgIpc) is 3.15. The maximum Gasteiger partial charge on any atom is 0.231 e. The van der Waals surface area contributed by atoms with E-state index in [0.717, 1.165) is 35.0 Å². The van der Waals surface area contributed by atoms with Crippen LogP contribution in [0.3, 0.4) is 0 Å². The number of amides is 1. The molecule has 0 aromatic heterocycles. The van der Waals surface area contributed by atoms with Crippen LogP contribution in [0.5, 0.6) is 17.2 Å². The van der Waals surface area contributed by atoms with Crippen molar-refractivity contribution in [3.63, 3.8) is 0 Å². The first-order valence-electron chi connectivity index (χ1n) is 8.68. The van der Waals surface area contributed by atoms with E-state index in [9.17, 15) is 4.79 Å². The number of fused-ring (bicyclic) bond motifs is 1. The summed E-state index contributed by atoms with van der Waals surface area (Å²) < 4.78 is 16.1. The molecule has 0 radical (unpaired) electrons. The minimum Gasteiger partial charge on any atom is -0.497 e. The molecule has 26 heavy (non-hydrogen) atoms. The van der Waals surface area contributed by atoms with E-state index in [0.29, 0.717) is 13.0 Å². The molecular weight excluding hydrogens is 350 g/mol. The summed E-state index contributed by atoms with van der Waals surface area (Å²) in [7, 11) is 1.66. The van der Waals surface area contributed by atoms with E-state index in [-0.39, 0.29) is 18.1 Å². The topological polar surface area (TPSA) is 48.0 Å². The smallest absolute Gasteiger partial charge is 0.231 e. The fraction of sp³-hybridized carbons (Fsp3) is 0.350. The number of thioether (sulfide) groups is 1. The highest BCUT2D eigenvalue weighted by atomic mass is 32.2. The van der Waals surface area contributed by atoms with Crippen LogP contribution in [-0.2, 0) is 11.2 Å². The third-order valence-corrected chi connectivity index (χ3v) is 5.96. The molecule has 0 saturated carbocycles. The maximum absolute atomic E-state index is 12.6.